The number of hydrogen-bond donors (Lipinski definition) is 2. The first-order valence-corrected chi connectivity index (χ1v) is 8.05. The average Bonchev–Trinajstić information content (AvgIpc) is 2.40. The van der Waals surface area contributed by atoms with Crippen LogP contribution in [0.4, 0.5) is 5.69 Å². The van der Waals surface area contributed by atoms with Crippen molar-refractivity contribution in [2.24, 2.45) is 0 Å². The first kappa shape index (κ1) is 15.1. The maximum atomic E-state index is 12.4. The summed E-state index contributed by atoms with van der Waals surface area (Å²) in [6.45, 7) is 1.79. The maximum absolute atomic E-state index is 12.4. The number of benzene rings is 1. The molecular weight excluding hydrogens is 278 g/mol. The minimum absolute atomic E-state index is 0.0292. The Bertz CT molecular complexity index is 566. The Hall–Kier alpha value is -1.31. The van der Waals surface area contributed by atoms with Crippen molar-refractivity contribution in [3.05, 3.63) is 18.2 Å². The normalized spacial score (nSPS) is 18.1. The third-order valence-corrected chi connectivity index (χ3v) is 5.08. The smallest absolute Gasteiger partial charge is 0.244 e. The molecule has 7 heteroatoms. The van der Waals surface area contributed by atoms with Crippen LogP contribution in [0.2, 0.25) is 0 Å². The number of sulfonamides is 1. The van der Waals surface area contributed by atoms with Crippen LogP contribution in [0, 0.1) is 0 Å². The number of anilines is 1. The first-order chi connectivity index (χ1) is 9.42. The summed E-state index contributed by atoms with van der Waals surface area (Å²) in [6.07, 6.45) is 1.63. The van der Waals surface area contributed by atoms with Gasteiger partial charge in [0.25, 0.3) is 0 Å². The molecule has 1 saturated heterocycles. The molecule has 0 aliphatic carbocycles. The van der Waals surface area contributed by atoms with E-state index in [0.29, 0.717) is 5.69 Å². The topological polar surface area (TPSA) is 84.7 Å². The van der Waals surface area contributed by atoms with Crippen molar-refractivity contribution in [3.8, 4) is 5.75 Å². The number of hydrogen-bond acceptors (Lipinski definition) is 5. The van der Waals surface area contributed by atoms with E-state index in [1.807, 2.05) is 7.05 Å². The number of likely N-dealkylation sites (tertiary alicyclic amines) is 1. The summed E-state index contributed by atoms with van der Waals surface area (Å²) < 4.78 is 32.7. The number of nitrogens with zero attached hydrogens (tertiary/aromatic N) is 1. The van der Waals surface area contributed by atoms with E-state index in [1.54, 1.807) is 6.07 Å². The summed E-state index contributed by atoms with van der Waals surface area (Å²) in [7, 11) is -0.117. The molecule has 6 nitrogen and oxygen atoms in total. The minimum Gasteiger partial charge on any atom is -0.495 e. The van der Waals surface area contributed by atoms with Crippen LogP contribution in [0.1, 0.15) is 12.8 Å². The lowest BCUT2D eigenvalue weighted by Gasteiger charge is -2.29. The molecule has 0 bridgehead atoms. The lowest BCUT2D eigenvalue weighted by molar-refractivity contribution is 0.248. The lowest BCUT2D eigenvalue weighted by atomic mass is 10.1. The van der Waals surface area contributed by atoms with Crippen LogP contribution in [-0.2, 0) is 10.0 Å². The number of nitrogen functional groups attached to an aromatic ring is 1. The number of ether oxygens (including phenoxy) is 1. The molecule has 0 aromatic heterocycles. The summed E-state index contributed by atoms with van der Waals surface area (Å²) in [5, 5.41) is 0. The van der Waals surface area contributed by atoms with Crippen LogP contribution in [-0.4, -0.2) is 46.6 Å². The van der Waals surface area contributed by atoms with Gasteiger partial charge in [-0.25, -0.2) is 13.1 Å². The number of rotatable bonds is 4. The zero-order chi connectivity index (χ0) is 14.8. The van der Waals surface area contributed by atoms with Gasteiger partial charge in [0.1, 0.15) is 10.6 Å². The fourth-order valence-corrected chi connectivity index (χ4v) is 3.77. The largest absolute Gasteiger partial charge is 0.495 e. The Morgan fingerprint density at radius 1 is 1.35 bits per heavy atom. The molecule has 1 aliphatic heterocycles. The van der Waals surface area contributed by atoms with Crippen molar-refractivity contribution in [2.45, 2.75) is 23.8 Å². The number of methoxy groups -OCH3 is 1. The second-order valence-corrected chi connectivity index (χ2v) is 6.79. The lowest BCUT2D eigenvalue weighted by Crippen LogP contribution is -2.43. The summed E-state index contributed by atoms with van der Waals surface area (Å²) in [4.78, 5) is 2.32. The molecule has 0 atom stereocenters. The van der Waals surface area contributed by atoms with Crippen LogP contribution in [0.25, 0.3) is 0 Å². The number of nitrogens with one attached hydrogen (secondary N) is 1. The predicted molar refractivity (Wildman–Crippen MR) is 78.2 cm³/mol. The van der Waals surface area contributed by atoms with Gasteiger partial charge in [-0.3, -0.25) is 0 Å². The van der Waals surface area contributed by atoms with Gasteiger partial charge in [-0.2, -0.15) is 0 Å². The Labute approximate surface area is 120 Å². The Kier molecular flexibility index (Phi) is 4.52. The van der Waals surface area contributed by atoms with E-state index < -0.39 is 10.0 Å². The molecule has 0 unspecified atom stereocenters. The van der Waals surface area contributed by atoms with Crippen LogP contribution >= 0.6 is 0 Å². The molecule has 1 fully saturated rings. The molecular formula is C13H21N3O3S. The van der Waals surface area contributed by atoms with Crippen molar-refractivity contribution in [1.82, 2.24) is 9.62 Å². The molecule has 0 radical (unpaired) electrons. The Morgan fingerprint density at radius 2 is 2.00 bits per heavy atom. The molecule has 2 rings (SSSR count). The maximum Gasteiger partial charge on any atom is 0.244 e. The van der Waals surface area contributed by atoms with Crippen molar-refractivity contribution < 1.29 is 13.2 Å². The van der Waals surface area contributed by atoms with Crippen LogP contribution in [0.15, 0.2) is 23.1 Å². The SMILES string of the molecule is COc1cc(N)ccc1S(=O)(=O)NC1CCN(C)CC1. The zero-order valence-corrected chi connectivity index (χ0v) is 12.6. The molecule has 0 spiro atoms. The van der Waals surface area contributed by atoms with Gasteiger partial charge >= 0.3 is 0 Å². The van der Waals surface area contributed by atoms with E-state index >= 15 is 0 Å². The van der Waals surface area contributed by atoms with E-state index in [-0.39, 0.29) is 16.7 Å². The van der Waals surface area contributed by atoms with E-state index in [4.69, 9.17) is 10.5 Å². The average molecular weight is 299 g/mol. The Morgan fingerprint density at radius 3 is 2.60 bits per heavy atom. The first-order valence-electron chi connectivity index (χ1n) is 6.57. The van der Waals surface area contributed by atoms with Gasteiger partial charge in [0.05, 0.1) is 7.11 Å². The van der Waals surface area contributed by atoms with Crippen LogP contribution in [0.5, 0.6) is 5.75 Å². The molecule has 0 amide bonds. The standard InChI is InChI=1S/C13H21N3O3S/c1-16-7-5-11(6-8-16)15-20(17,18)13-4-3-10(14)9-12(13)19-2/h3-4,9,11,15H,5-8,14H2,1-2H3. The summed E-state index contributed by atoms with van der Waals surface area (Å²) in [5.74, 6) is 0.269. The highest BCUT2D eigenvalue weighted by Crippen LogP contribution is 2.26. The monoisotopic (exact) mass is 299 g/mol. The molecule has 112 valence electrons. The van der Waals surface area contributed by atoms with Crippen LogP contribution < -0.4 is 15.2 Å². The van der Waals surface area contributed by atoms with E-state index in [0.717, 1.165) is 25.9 Å². The van der Waals surface area contributed by atoms with Crippen LogP contribution in [0.3, 0.4) is 0 Å². The molecule has 1 aliphatic rings. The van der Waals surface area contributed by atoms with Crippen molar-refractivity contribution >= 4 is 15.7 Å². The van der Waals surface area contributed by atoms with Gasteiger partial charge in [0.15, 0.2) is 0 Å². The highest BCUT2D eigenvalue weighted by Gasteiger charge is 2.25. The highest BCUT2D eigenvalue weighted by molar-refractivity contribution is 7.89. The third kappa shape index (κ3) is 3.41. The van der Waals surface area contributed by atoms with Gasteiger partial charge in [-0.05, 0) is 45.1 Å². The summed E-state index contributed by atoms with van der Waals surface area (Å²) in [6, 6.07) is 4.53. The molecule has 1 heterocycles. The third-order valence-electron chi connectivity index (χ3n) is 3.52. The van der Waals surface area contributed by atoms with Gasteiger partial charge < -0.3 is 15.4 Å². The molecule has 0 saturated carbocycles. The Balaban J connectivity index is 2.18. The number of nitrogens with two attached hydrogens (primary N) is 1. The molecule has 1 aromatic carbocycles. The molecule has 3 N–H and O–H groups in total. The van der Waals surface area contributed by atoms with Gasteiger partial charge in [-0.15, -0.1) is 0 Å². The van der Waals surface area contributed by atoms with Crippen molar-refractivity contribution in [3.63, 3.8) is 0 Å². The number of piperidine rings is 1. The van der Waals surface area contributed by atoms with Crippen molar-refractivity contribution in [2.75, 3.05) is 33.0 Å². The summed E-state index contributed by atoms with van der Waals surface area (Å²) in [5.41, 5.74) is 6.12. The fraction of sp³-hybridized carbons (Fsp3) is 0.538. The van der Waals surface area contributed by atoms with Gasteiger partial charge in [-0.1, -0.05) is 0 Å². The highest BCUT2D eigenvalue weighted by atomic mass is 32.2. The van der Waals surface area contributed by atoms with E-state index in [9.17, 15) is 8.42 Å². The van der Waals surface area contributed by atoms with Gasteiger partial charge in [0, 0.05) is 17.8 Å². The van der Waals surface area contributed by atoms with E-state index in [1.165, 1.54) is 19.2 Å². The van der Waals surface area contributed by atoms with Crippen molar-refractivity contribution in [1.29, 1.82) is 0 Å². The second-order valence-electron chi connectivity index (χ2n) is 5.11. The van der Waals surface area contributed by atoms with Gasteiger partial charge in [0.2, 0.25) is 10.0 Å². The zero-order valence-electron chi connectivity index (χ0n) is 11.8. The quantitative estimate of drug-likeness (QED) is 0.797. The minimum atomic E-state index is -3.59. The fourth-order valence-electron chi connectivity index (χ4n) is 2.32. The molecule has 1 aromatic rings. The second kappa shape index (κ2) is 5.99. The molecule has 20 heavy (non-hydrogen) atoms. The summed E-state index contributed by atoms with van der Waals surface area (Å²) >= 11 is 0. The predicted octanol–water partition coefficient (Wildman–Crippen LogP) is 0.650. The van der Waals surface area contributed by atoms with E-state index in [2.05, 4.69) is 9.62 Å².